The molecule has 2 aromatic heterocycles. The summed E-state index contributed by atoms with van der Waals surface area (Å²) < 4.78 is 0.728. The predicted octanol–water partition coefficient (Wildman–Crippen LogP) is 5.17. The lowest BCUT2D eigenvalue weighted by atomic mass is 10.1. The summed E-state index contributed by atoms with van der Waals surface area (Å²) in [5.41, 5.74) is 4.66. The minimum Gasteiger partial charge on any atom is -0.367 e. The molecule has 27 heavy (non-hydrogen) atoms. The minimum atomic E-state index is -0.223. The molecule has 0 spiro atoms. The smallest absolute Gasteiger partial charge is 0.277 e. The molecule has 1 aliphatic rings. The van der Waals surface area contributed by atoms with Crippen LogP contribution in [-0.4, -0.2) is 22.6 Å². The number of hydrogen-bond donors (Lipinski definition) is 2. The summed E-state index contributed by atoms with van der Waals surface area (Å²) in [7, 11) is 0. The van der Waals surface area contributed by atoms with Crippen molar-refractivity contribution >= 4 is 44.5 Å². The van der Waals surface area contributed by atoms with Crippen LogP contribution in [0, 0.1) is 0 Å². The van der Waals surface area contributed by atoms with Gasteiger partial charge in [-0.15, -0.1) is 11.3 Å². The molecule has 1 aromatic carbocycles. The standard InChI is InChI=1S/C20H21BrN4OS/c1-12(2)18-17(21)19(24-23-18)20(26)22-14-3-5-15(6-4-14)25-9-7-16-13(11-25)8-10-27-16/h3-6,8,10,12H,7,9,11H2,1-2H3,(H,22,26)(H,23,24). The number of thiophene rings is 1. The molecule has 7 heteroatoms. The van der Waals surface area contributed by atoms with Crippen LogP contribution in [0.1, 0.15) is 46.4 Å². The molecule has 0 saturated heterocycles. The van der Waals surface area contributed by atoms with Gasteiger partial charge in [0.25, 0.3) is 5.91 Å². The van der Waals surface area contributed by atoms with E-state index in [4.69, 9.17) is 0 Å². The van der Waals surface area contributed by atoms with Gasteiger partial charge in [0, 0.05) is 29.3 Å². The monoisotopic (exact) mass is 444 g/mol. The van der Waals surface area contributed by atoms with E-state index in [1.54, 1.807) is 0 Å². The van der Waals surface area contributed by atoms with Crippen molar-refractivity contribution in [3.8, 4) is 0 Å². The molecule has 1 aliphatic heterocycles. The Hall–Kier alpha value is -2.12. The van der Waals surface area contributed by atoms with Gasteiger partial charge in [-0.1, -0.05) is 13.8 Å². The van der Waals surface area contributed by atoms with E-state index >= 15 is 0 Å². The van der Waals surface area contributed by atoms with Crippen molar-refractivity contribution < 1.29 is 4.79 Å². The van der Waals surface area contributed by atoms with E-state index in [0.29, 0.717) is 5.69 Å². The van der Waals surface area contributed by atoms with Crippen molar-refractivity contribution in [2.24, 2.45) is 0 Å². The Morgan fingerprint density at radius 2 is 2.07 bits per heavy atom. The number of anilines is 2. The molecule has 0 saturated carbocycles. The molecule has 0 radical (unpaired) electrons. The number of aromatic amines is 1. The van der Waals surface area contributed by atoms with Gasteiger partial charge < -0.3 is 10.2 Å². The van der Waals surface area contributed by atoms with E-state index in [1.807, 2.05) is 23.5 Å². The minimum absolute atomic E-state index is 0.223. The lowest BCUT2D eigenvalue weighted by molar-refractivity contribution is 0.102. The zero-order valence-corrected chi connectivity index (χ0v) is 17.7. The molecule has 0 atom stereocenters. The quantitative estimate of drug-likeness (QED) is 0.583. The average molecular weight is 445 g/mol. The molecular formula is C20H21BrN4OS. The summed E-state index contributed by atoms with van der Waals surface area (Å²) in [5, 5.41) is 12.2. The number of hydrogen-bond acceptors (Lipinski definition) is 4. The van der Waals surface area contributed by atoms with Gasteiger partial charge in [-0.25, -0.2) is 0 Å². The van der Waals surface area contributed by atoms with Gasteiger partial charge in [-0.3, -0.25) is 9.89 Å². The number of nitrogens with zero attached hydrogens (tertiary/aromatic N) is 2. The number of carbonyl (C=O) groups excluding carboxylic acids is 1. The highest BCUT2D eigenvalue weighted by Crippen LogP contribution is 2.29. The first kappa shape index (κ1) is 18.3. The van der Waals surface area contributed by atoms with Crippen molar-refractivity contribution in [2.45, 2.75) is 32.7 Å². The number of carbonyl (C=O) groups is 1. The second kappa shape index (κ2) is 7.48. The summed E-state index contributed by atoms with van der Waals surface area (Å²) in [5.74, 6) is 0.0413. The van der Waals surface area contributed by atoms with Crippen LogP contribution in [-0.2, 0) is 13.0 Å². The van der Waals surface area contributed by atoms with E-state index in [9.17, 15) is 4.79 Å². The fraction of sp³-hybridized carbons (Fsp3) is 0.300. The normalized spacial score (nSPS) is 13.7. The molecule has 0 unspecified atom stereocenters. The highest BCUT2D eigenvalue weighted by Gasteiger charge is 2.20. The van der Waals surface area contributed by atoms with E-state index < -0.39 is 0 Å². The van der Waals surface area contributed by atoms with Crippen LogP contribution in [0.3, 0.4) is 0 Å². The zero-order chi connectivity index (χ0) is 19.0. The largest absolute Gasteiger partial charge is 0.367 e. The van der Waals surface area contributed by atoms with Crippen LogP contribution in [0.4, 0.5) is 11.4 Å². The molecule has 140 valence electrons. The second-order valence-electron chi connectivity index (χ2n) is 7.00. The molecule has 2 N–H and O–H groups in total. The molecule has 3 aromatic rings. The average Bonchev–Trinajstić information content (AvgIpc) is 3.28. The highest BCUT2D eigenvalue weighted by atomic mass is 79.9. The lowest BCUT2D eigenvalue weighted by Gasteiger charge is -2.29. The first-order chi connectivity index (χ1) is 13.0. The number of rotatable bonds is 4. The molecule has 5 nitrogen and oxygen atoms in total. The number of amides is 1. The van der Waals surface area contributed by atoms with Crippen molar-refractivity contribution in [1.29, 1.82) is 0 Å². The molecule has 0 fully saturated rings. The molecule has 4 rings (SSSR count). The predicted molar refractivity (Wildman–Crippen MR) is 114 cm³/mol. The number of halogens is 1. The fourth-order valence-corrected chi connectivity index (χ4v) is 4.99. The van der Waals surface area contributed by atoms with Crippen molar-refractivity contribution in [2.75, 3.05) is 16.8 Å². The van der Waals surface area contributed by atoms with Crippen LogP contribution in [0.2, 0.25) is 0 Å². The Balaban J connectivity index is 1.45. The van der Waals surface area contributed by atoms with Gasteiger partial charge in [0.2, 0.25) is 0 Å². The van der Waals surface area contributed by atoms with E-state index in [-0.39, 0.29) is 11.8 Å². The fourth-order valence-electron chi connectivity index (χ4n) is 3.29. The van der Waals surface area contributed by atoms with Gasteiger partial charge in [-0.2, -0.15) is 5.10 Å². The van der Waals surface area contributed by atoms with Crippen LogP contribution >= 0.6 is 27.3 Å². The summed E-state index contributed by atoms with van der Waals surface area (Å²) in [6, 6.07) is 10.2. The first-order valence-electron chi connectivity index (χ1n) is 8.98. The third-order valence-corrected chi connectivity index (χ3v) is 6.65. The van der Waals surface area contributed by atoms with E-state index in [0.717, 1.165) is 35.4 Å². The van der Waals surface area contributed by atoms with Crippen LogP contribution in [0.25, 0.3) is 0 Å². The molecule has 0 bridgehead atoms. The van der Waals surface area contributed by atoms with E-state index in [2.05, 4.69) is 73.8 Å². The molecule has 0 aliphatic carbocycles. The summed E-state index contributed by atoms with van der Waals surface area (Å²) >= 11 is 5.33. The molecule has 1 amide bonds. The van der Waals surface area contributed by atoms with Crippen molar-refractivity contribution in [3.63, 3.8) is 0 Å². The Morgan fingerprint density at radius 1 is 1.30 bits per heavy atom. The first-order valence-corrected chi connectivity index (χ1v) is 10.7. The van der Waals surface area contributed by atoms with Crippen molar-refractivity contribution in [3.05, 3.63) is 62.0 Å². The number of aromatic nitrogens is 2. The Morgan fingerprint density at radius 3 is 2.78 bits per heavy atom. The molecule has 3 heterocycles. The van der Waals surface area contributed by atoms with Gasteiger partial charge in [0.1, 0.15) is 0 Å². The third kappa shape index (κ3) is 3.66. The van der Waals surface area contributed by atoms with Gasteiger partial charge in [-0.05, 0) is 69.5 Å². The van der Waals surface area contributed by atoms with E-state index in [1.165, 1.54) is 16.1 Å². The SMILES string of the molecule is CC(C)c1[nH]nc(C(=O)Nc2ccc(N3CCc4sccc4C3)cc2)c1Br. The molecular weight excluding hydrogens is 424 g/mol. The van der Waals surface area contributed by atoms with Gasteiger partial charge in [0.05, 0.1) is 10.2 Å². The third-order valence-electron chi connectivity index (χ3n) is 4.82. The van der Waals surface area contributed by atoms with Crippen LogP contribution < -0.4 is 10.2 Å². The second-order valence-corrected chi connectivity index (χ2v) is 8.79. The highest BCUT2D eigenvalue weighted by molar-refractivity contribution is 9.10. The maximum absolute atomic E-state index is 12.5. The lowest BCUT2D eigenvalue weighted by Crippen LogP contribution is -2.29. The summed E-state index contributed by atoms with van der Waals surface area (Å²) in [4.78, 5) is 16.4. The van der Waals surface area contributed by atoms with Gasteiger partial charge in [0.15, 0.2) is 5.69 Å². The summed E-state index contributed by atoms with van der Waals surface area (Å²) in [6.45, 7) is 6.08. The number of H-pyrrole nitrogens is 1. The Kier molecular flexibility index (Phi) is 5.06. The maximum Gasteiger partial charge on any atom is 0.277 e. The summed E-state index contributed by atoms with van der Waals surface area (Å²) in [6.07, 6.45) is 1.09. The van der Waals surface area contributed by atoms with Crippen LogP contribution in [0.5, 0.6) is 0 Å². The number of nitrogens with one attached hydrogen (secondary N) is 2. The zero-order valence-electron chi connectivity index (χ0n) is 15.3. The Labute approximate surface area is 170 Å². The van der Waals surface area contributed by atoms with Crippen molar-refractivity contribution in [1.82, 2.24) is 10.2 Å². The maximum atomic E-state index is 12.5. The van der Waals surface area contributed by atoms with Crippen LogP contribution in [0.15, 0.2) is 40.2 Å². The number of fused-ring (bicyclic) bond motifs is 1. The van der Waals surface area contributed by atoms with Gasteiger partial charge >= 0.3 is 0 Å². The number of benzene rings is 1. The topological polar surface area (TPSA) is 61.0 Å². The Bertz CT molecular complexity index is 961.